The molecule has 0 fully saturated rings. The topological polar surface area (TPSA) is 82.4 Å². The highest BCUT2D eigenvalue weighted by Gasteiger charge is 2.20. The Balaban J connectivity index is 2.03. The largest absolute Gasteiger partial charge is 0.493 e. The first-order valence-electron chi connectivity index (χ1n) is 9.74. The molecule has 0 saturated carbocycles. The molecule has 1 N–H and O–H groups in total. The lowest BCUT2D eigenvalue weighted by Crippen LogP contribution is -2.10. The highest BCUT2D eigenvalue weighted by atomic mass is 16.5. The van der Waals surface area contributed by atoms with Gasteiger partial charge >= 0.3 is 0 Å². The summed E-state index contributed by atoms with van der Waals surface area (Å²) in [6, 6.07) is 13.1. The van der Waals surface area contributed by atoms with Crippen molar-refractivity contribution in [3.63, 3.8) is 0 Å². The third-order valence-electron chi connectivity index (χ3n) is 5.07. The Kier molecular flexibility index (Phi) is 7.32. The van der Waals surface area contributed by atoms with E-state index in [1.54, 1.807) is 59.0 Å². The molecule has 0 spiro atoms. The molecule has 0 aliphatic heterocycles. The lowest BCUT2D eigenvalue weighted by atomic mass is 9.93. The van der Waals surface area contributed by atoms with Crippen LogP contribution in [0.3, 0.4) is 0 Å². The molecule has 0 amide bonds. The monoisotopic (exact) mass is 422 g/mol. The molecule has 0 aliphatic carbocycles. The molecule has 7 heteroatoms. The van der Waals surface area contributed by atoms with Gasteiger partial charge in [-0.2, -0.15) is 0 Å². The zero-order chi connectivity index (χ0) is 22.2. The molecule has 0 radical (unpaired) electrons. The Morgan fingerprint density at radius 2 is 1.48 bits per heavy atom. The van der Waals surface area contributed by atoms with Crippen LogP contribution in [-0.4, -0.2) is 44.3 Å². The average Bonchev–Trinajstić information content (AvgIpc) is 2.83. The third kappa shape index (κ3) is 4.71. The molecule has 3 rings (SSSR count). The molecule has 0 atom stereocenters. The SMILES string of the molecule is COc1ccc(CCc2c(C(=NO)c3ccncc3)ccc(OC)c2OC)cc1OC. The van der Waals surface area contributed by atoms with Crippen LogP contribution in [-0.2, 0) is 12.8 Å². The van der Waals surface area contributed by atoms with Crippen LogP contribution in [0.25, 0.3) is 0 Å². The van der Waals surface area contributed by atoms with Gasteiger partial charge < -0.3 is 24.2 Å². The zero-order valence-corrected chi connectivity index (χ0v) is 18.1. The summed E-state index contributed by atoms with van der Waals surface area (Å²) >= 11 is 0. The lowest BCUT2D eigenvalue weighted by Gasteiger charge is -2.18. The Hall–Kier alpha value is -3.74. The number of methoxy groups -OCH3 is 4. The van der Waals surface area contributed by atoms with Gasteiger partial charge in [0.1, 0.15) is 5.71 Å². The van der Waals surface area contributed by atoms with Crippen LogP contribution in [0.5, 0.6) is 23.0 Å². The number of aryl methyl sites for hydroxylation is 1. The molecule has 162 valence electrons. The van der Waals surface area contributed by atoms with E-state index in [4.69, 9.17) is 18.9 Å². The minimum Gasteiger partial charge on any atom is -0.493 e. The van der Waals surface area contributed by atoms with Crippen molar-refractivity contribution in [2.24, 2.45) is 5.16 Å². The van der Waals surface area contributed by atoms with Crippen molar-refractivity contribution >= 4 is 5.71 Å². The van der Waals surface area contributed by atoms with Gasteiger partial charge in [0, 0.05) is 29.1 Å². The molecule has 0 unspecified atom stereocenters. The Morgan fingerprint density at radius 1 is 0.806 bits per heavy atom. The molecule has 1 aromatic heterocycles. The van der Waals surface area contributed by atoms with E-state index < -0.39 is 0 Å². The molecule has 7 nitrogen and oxygen atoms in total. The summed E-state index contributed by atoms with van der Waals surface area (Å²) in [5.74, 6) is 2.57. The summed E-state index contributed by atoms with van der Waals surface area (Å²) in [5.41, 5.74) is 3.88. The fourth-order valence-corrected chi connectivity index (χ4v) is 3.54. The van der Waals surface area contributed by atoms with Gasteiger partial charge in [0.05, 0.1) is 28.4 Å². The van der Waals surface area contributed by atoms with Gasteiger partial charge in [0.25, 0.3) is 0 Å². The Morgan fingerprint density at radius 3 is 2.10 bits per heavy atom. The number of aromatic nitrogens is 1. The highest BCUT2D eigenvalue weighted by molar-refractivity contribution is 6.13. The summed E-state index contributed by atoms with van der Waals surface area (Å²) in [6.45, 7) is 0. The predicted molar refractivity (Wildman–Crippen MR) is 118 cm³/mol. The van der Waals surface area contributed by atoms with Gasteiger partial charge in [0.2, 0.25) is 0 Å². The van der Waals surface area contributed by atoms with Crippen LogP contribution in [0.2, 0.25) is 0 Å². The zero-order valence-electron chi connectivity index (χ0n) is 18.1. The van der Waals surface area contributed by atoms with Gasteiger partial charge in [-0.05, 0) is 54.8 Å². The van der Waals surface area contributed by atoms with Crippen LogP contribution >= 0.6 is 0 Å². The van der Waals surface area contributed by atoms with E-state index in [2.05, 4.69) is 10.1 Å². The summed E-state index contributed by atoms with van der Waals surface area (Å²) < 4.78 is 21.9. The van der Waals surface area contributed by atoms with E-state index in [9.17, 15) is 5.21 Å². The van der Waals surface area contributed by atoms with Crippen molar-refractivity contribution in [1.82, 2.24) is 4.98 Å². The maximum Gasteiger partial charge on any atom is 0.164 e. The van der Waals surface area contributed by atoms with Gasteiger partial charge in [0.15, 0.2) is 23.0 Å². The summed E-state index contributed by atoms with van der Waals surface area (Å²) in [5, 5.41) is 13.4. The average molecular weight is 422 g/mol. The minimum atomic E-state index is 0.436. The molecular weight excluding hydrogens is 396 g/mol. The van der Waals surface area contributed by atoms with Crippen molar-refractivity contribution in [2.45, 2.75) is 12.8 Å². The Bertz CT molecular complexity index is 1050. The lowest BCUT2D eigenvalue weighted by molar-refractivity contribution is 0.319. The molecular formula is C24H26N2O5. The number of rotatable bonds is 9. The van der Waals surface area contributed by atoms with E-state index in [0.29, 0.717) is 41.6 Å². The second kappa shape index (κ2) is 10.3. The first-order chi connectivity index (χ1) is 15.2. The molecule has 2 aromatic carbocycles. The van der Waals surface area contributed by atoms with Gasteiger partial charge in [-0.25, -0.2) is 0 Å². The number of hydrogen-bond donors (Lipinski definition) is 1. The van der Waals surface area contributed by atoms with E-state index in [0.717, 1.165) is 22.3 Å². The Labute approximate surface area is 181 Å². The van der Waals surface area contributed by atoms with Crippen molar-refractivity contribution in [3.8, 4) is 23.0 Å². The van der Waals surface area contributed by atoms with Crippen LogP contribution in [0.4, 0.5) is 0 Å². The molecule has 0 bridgehead atoms. The van der Waals surface area contributed by atoms with E-state index in [1.807, 2.05) is 24.3 Å². The number of hydrogen-bond acceptors (Lipinski definition) is 7. The molecule has 3 aromatic rings. The van der Waals surface area contributed by atoms with Gasteiger partial charge in [-0.15, -0.1) is 0 Å². The highest BCUT2D eigenvalue weighted by Crippen LogP contribution is 2.36. The maximum absolute atomic E-state index is 9.82. The number of oxime groups is 1. The third-order valence-corrected chi connectivity index (χ3v) is 5.07. The molecule has 1 heterocycles. The first-order valence-corrected chi connectivity index (χ1v) is 9.74. The fourth-order valence-electron chi connectivity index (χ4n) is 3.54. The van der Waals surface area contributed by atoms with Crippen molar-refractivity contribution in [1.29, 1.82) is 0 Å². The number of pyridine rings is 1. The van der Waals surface area contributed by atoms with Gasteiger partial charge in [-0.3, -0.25) is 4.98 Å². The van der Waals surface area contributed by atoms with E-state index in [-0.39, 0.29) is 0 Å². The number of nitrogens with zero attached hydrogens (tertiary/aromatic N) is 2. The van der Waals surface area contributed by atoms with Crippen molar-refractivity contribution < 1.29 is 24.2 Å². The predicted octanol–water partition coefficient (Wildman–Crippen LogP) is 4.13. The summed E-state index contributed by atoms with van der Waals surface area (Å²) in [6.07, 6.45) is 4.64. The summed E-state index contributed by atoms with van der Waals surface area (Å²) in [7, 11) is 6.42. The van der Waals surface area contributed by atoms with Crippen LogP contribution in [0, 0.1) is 0 Å². The van der Waals surface area contributed by atoms with Crippen molar-refractivity contribution in [3.05, 3.63) is 77.1 Å². The molecule has 0 aliphatic rings. The fraction of sp³-hybridized carbons (Fsp3) is 0.250. The number of ether oxygens (including phenoxy) is 4. The van der Waals surface area contributed by atoms with Gasteiger partial charge in [-0.1, -0.05) is 11.2 Å². The van der Waals surface area contributed by atoms with Crippen LogP contribution in [0.1, 0.15) is 22.3 Å². The number of benzene rings is 2. The maximum atomic E-state index is 9.82. The molecule has 0 saturated heterocycles. The van der Waals surface area contributed by atoms with Crippen LogP contribution < -0.4 is 18.9 Å². The van der Waals surface area contributed by atoms with E-state index >= 15 is 0 Å². The van der Waals surface area contributed by atoms with Crippen LogP contribution in [0.15, 0.2) is 60.0 Å². The normalized spacial score (nSPS) is 11.2. The second-order valence-corrected chi connectivity index (χ2v) is 6.70. The smallest absolute Gasteiger partial charge is 0.164 e. The quantitative estimate of drug-likeness (QED) is 0.317. The first kappa shape index (κ1) is 22.0. The van der Waals surface area contributed by atoms with E-state index in [1.165, 1.54) is 0 Å². The second-order valence-electron chi connectivity index (χ2n) is 6.70. The van der Waals surface area contributed by atoms with Crippen molar-refractivity contribution in [2.75, 3.05) is 28.4 Å². The molecule has 31 heavy (non-hydrogen) atoms. The summed E-state index contributed by atoms with van der Waals surface area (Å²) in [4.78, 5) is 4.04. The minimum absolute atomic E-state index is 0.436. The standard InChI is InChI=1S/C24H26N2O5/c1-28-20-9-6-16(15-22(20)30-3)5-7-19-18(8-10-21(29-2)24(19)31-4)23(26-27)17-11-13-25-14-12-17/h6,8-15,27H,5,7H2,1-4H3.